The molecule has 0 aliphatic heterocycles. The lowest BCUT2D eigenvalue weighted by Gasteiger charge is -2.01. The predicted octanol–water partition coefficient (Wildman–Crippen LogP) is 1.08. The molecular weight excluding hydrogens is 264 g/mol. The van der Waals surface area contributed by atoms with Crippen LogP contribution in [0.3, 0.4) is 0 Å². The van der Waals surface area contributed by atoms with Gasteiger partial charge < -0.3 is 10.8 Å². The van der Waals surface area contributed by atoms with Gasteiger partial charge in [-0.2, -0.15) is 5.10 Å². The first-order valence-electron chi connectivity index (χ1n) is 4.05. The minimum Gasteiger partial charge on any atom is -0.477 e. The van der Waals surface area contributed by atoms with Crippen molar-refractivity contribution in [3.8, 4) is 0 Å². The highest BCUT2D eigenvalue weighted by molar-refractivity contribution is 9.10. The van der Waals surface area contributed by atoms with E-state index in [9.17, 15) is 4.79 Å². The quantitative estimate of drug-likeness (QED) is 0.809. The first kappa shape index (κ1) is 9.91. The molecule has 2 heterocycles. The number of fused-ring (bicyclic) bond motifs is 1. The van der Waals surface area contributed by atoms with Gasteiger partial charge in [-0.15, -0.1) is 0 Å². The molecule has 0 amide bonds. The van der Waals surface area contributed by atoms with Crippen molar-refractivity contribution in [1.29, 1.82) is 0 Å². The Hall–Kier alpha value is -1.63. The number of aromatic carboxylic acids is 1. The minimum atomic E-state index is -1.06. The molecule has 2 rings (SSSR count). The zero-order chi connectivity index (χ0) is 11.2. The lowest BCUT2D eigenvalue weighted by atomic mass is 10.4. The van der Waals surface area contributed by atoms with Crippen molar-refractivity contribution >= 4 is 33.2 Å². The number of carboxylic acids is 1. The van der Waals surface area contributed by atoms with Gasteiger partial charge in [0.05, 0.1) is 0 Å². The number of hydrogen-bond acceptors (Lipinski definition) is 4. The van der Waals surface area contributed by atoms with E-state index in [2.05, 4.69) is 26.0 Å². The van der Waals surface area contributed by atoms with Gasteiger partial charge in [0.1, 0.15) is 11.3 Å². The Morgan fingerprint density at radius 1 is 1.67 bits per heavy atom. The molecule has 2 aromatic rings. The van der Waals surface area contributed by atoms with Crippen molar-refractivity contribution < 1.29 is 9.90 Å². The highest BCUT2D eigenvalue weighted by Gasteiger charge is 2.17. The largest absolute Gasteiger partial charge is 0.477 e. The SMILES string of the molecule is Cc1nc(N)c2c(Br)cc(C(=O)O)n2n1. The average molecular weight is 271 g/mol. The second kappa shape index (κ2) is 3.20. The third-order valence-electron chi connectivity index (χ3n) is 1.92. The Bertz CT molecular complexity index is 563. The molecule has 78 valence electrons. The van der Waals surface area contributed by atoms with E-state index in [1.54, 1.807) is 6.92 Å². The van der Waals surface area contributed by atoms with E-state index in [1.165, 1.54) is 10.6 Å². The fraction of sp³-hybridized carbons (Fsp3) is 0.125. The molecule has 0 bridgehead atoms. The van der Waals surface area contributed by atoms with Gasteiger partial charge >= 0.3 is 5.97 Å². The van der Waals surface area contributed by atoms with Crippen LogP contribution in [0.1, 0.15) is 16.3 Å². The van der Waals surface area contributed by atoms with Crippen molar-refractivity contribution in [3.05, 3.63) is 22.1 Å². The molecule has 7 heteroatoms. The van der Waals surface area contributed by atoms with E-state index in [0.717, 1.165) is 0 Å². The number of carboxylic acid groups (broad SMARTS) is 1. The van der Waals surface area contributed by atoms with Gasteiger partial charge in [-0.1, -0.05) is 0 Å². The summed E-state index contributed by atoms with van der Waals surface area (Å²) < 4.78 is 1.83. The van der Waals surface area contributed by atoms with Crippen LogP contribution < -0.4 is 5.73 Å². The van der Waals surface area contributed by atoms with Crippen LogP contribution >= 0.6 is 15.9 Å². The number of rotatable bonds is 1. The zero-order valence-electron chi connectivity index (χ0n) is 7.73. The number of aryl methyl sites for hydroxylation is 1. The molecule has 3 N–H and O–H groups in total. The normalized spacial score (nSPS) is 10.8. The Labute approximate surface area is 92.9 Å². The first-order chi connectivity index (χ1) is 7.00. The topological polar surface area (TPSA) is 93.5 Å². The number of halogens is 1. The van der Waals surface area contributed by atoms with Crippen LogP contribution in [0.5, 0.6) is 0 Å². The van der Waals surface area contributed by atoms with Gasteiger partial charge in [0, 0.05) is 4.47 Å². The van der Waals surface area contributed by atoms with Gasteiger partial charge in [0.15, 0.2) is 11.5 Å². The second-order valence-corrected chi connectivity index (χ2v) is 3.84. The first-order valence-corrected chi connectivity index (χ1v) is 4.84. The summed E-state index contributed by atoms with van der Waals surface area (Å²) in [6, 6.07) is 1.45. The number of anilines is 1. The smallest absolute Gasteiger partial charge is 0.354 e. The molecule has 0 aromatic carbocycles. The van der Waals surface area contributed by atoms with Gasteiger partial charge in [-0.3, -0.25) is 0 Å². The molecule has 6 nitrogen and oxygen atoms in total. The molecule has 0 radical (unpaired) electrons. The zero-order valence-corrected chi connectivity index (χ0v) is 9.32. The van der Waals surface area contributed by atoms with E-state index in [0.29, 0.717) is 15.8 Å². The van der Waals surface area contributed by atoms with Crippen LogP contribution in [0, 0.1) is 6.92 Å². The summed E-state index contributed by atoms with van der Waals surface area (Å²) in [5.41, 5.74) is 6.20. The van der Waals surface area contributed by atoms with Crippen LogP contribution in [0.4, 0.5) is 5.82 Å². The Morgan fingerprint density at radius 2 is 2.33 bits per heavy atom. The Morgan fingerprint density at radius 3 is 2.93 bits per heavy atom. The number of nitrogens with two attached hydrogens (primary N) is 1. The number of aromatic nitrogens is 3. The van der Waals surface area contributed by atoms with Crippen LogP contribution in [-0.4, -0.2) is 25.7 Å². The minimum absolute atomic E-state index is 0.0501. The fourth-order valence-electron chi connectivity index (χ4n) is 1.35. The molecule has 0 spiro atoms. The van der Waals surface area contributed by atoms with E-state index in [4.69, 9.17) is 10.8 Å². The lowest BCUT2D eigenvalue weighted by molar-refractivity contribution is 0.0688. The summed E-state index contributed by atoms with van der Waals surface area (Å²) in [6.45, 7) is 1.65. The van der Waals surface area contributed by atoms with Crippen molar-refractivity contribution in [1.82, 2.24) is 14.6 Å². The third-order valence-corrected chi connectivity index (χ3v) is 2.52. The molecule has 0 saturated heterocycles. The van der Waals surface area contributed by atoms with Gasteiger partial charge in [-0.25, -0.2) is 14.3 Å². The molecular formula is C8H7BrN4O2. The summed E-state index contributed by atoms with van der Waals surface area (Å²) in [5.74, 6) is -0.388. The Balaban J connectivity index is 2.93. The molecule has 0 atom stereocenters. The summed E-state index contributed by atoms with van der Waals surface area (Å²) in [4.78, 5) is 14.9. The third kappa shape index (κ3) is 1.44. The fourth-order valence-corrected chi connectivity index (χ4v) is 1.94. The van der Waals surface area contributed by atoms with Crippen LogP contribution in [0.15, 0.2) is 10.5 Å². The molecule has 0 aliphatic rings. The number of nitrogens with zero attached hydrogens (tertiary/aromatic N) is 3. The maximum absolute atomic E-state index is 10.9. The molecule has 0 saturated carbocycles. The van der Waals surface area contributed by atoms with E-state index >= 15 is 0 Å². The summed E-state index contributed by atoms with van der Waals surface area (Å²) in [6.07, 6.45) is 0. The highest BCUT2D eigenvalue weighted by atomic mass is 79.9. The molecule has 0 aliphatic carbocycles. The number of carbonyl (C=O) groups is 1. The summed E-state index contributed by atoms with van der Waals surface area (Å²) in [7, 11) is 0. The van der Waals surface area contributed by atoms with E-state index < -0.39 is 5.97 Å². The maximum Gasteiger partial charge on any atom is 0.354 e. The summed E-state index contributed by atoms with van der Waals surface area (Å²) >= 11 is 3.22. The molecule has 2 aromatic heterocycles. The van der Waals surface area contributed by atoms with Crippen LogP contribution in [0.25, 0.3) is 5.52 Å². The molecule has 0 fully saturated rings. The number of nitrogen functional groups attached to an aromatic ring is 1. The van der Waals surface area contributed by atoms with Crippen molar-refractivity contribution in [2.24, 2.45) is 0 Å². The molecule has 0 unspecified atom stereocenters. The van der Waals surface area contributed by atoms with Crippen molar-refractivity contribution in [3.63, 3.8) is 0 Å². The van der Waals surface area contributed by atoms with E-state index in [-0.39, 0.29) is 11.5 Å². The van der Waals surface area contributed by atoms with Crippen molar-refractivity contribution in [2.45, 2.75) is 6.92 Å². The highest BCUT2D eigenvalue weighted by Crippen LogP contribution is 2.25. The Kier molecular flexibility index (Phi) is 2.11. The monoisotopic (exact) mass is 270 g/mol. The predicted molar refractivity (Wildman–Crippen MR) is 56.8 cm³/mol. The van der Waals surface area contributed by atoms with Crippen molar-refractivity contribution in [2.75, 3.05) is 5.73 Å². The standard InChI is InChI=1S/C8H7BrN4O2/c1-3-11-7(10)6-4(9)2-5(8(14)15)13(6)12-3/h2H,1H3,(H,14,15)(H2,10,11,12). The lowest BCUT2D eigenvalue weighted by Crippen LogP contribution is -2.08. The van der Waals surface area contributed by atoms with Gasteiger partial charge in [0.2, 0.25) is 0 Å². The van der Waals surface area contributed by atoms with E-state index in [1.807, 2.05) is 0 Å². The molecule has 15 heavy (non-hydrogen) atoms. The number of hydrogen-bond donors (Lipinski definition) is 2. The van der Waals surface area contributed by atoms with Crippen LogP contribution in [-0.2, 0) is 0 Å². The van der Waals surface area contributed by atoms with Gasteiger partial charge in [-0.05, 0) is 28.9 Å². The maximum atomic E-state index is 10.9. The van der Waals surface area contributed by atoms with Gasteiger partial charge in [0.25, 0.3) is 0 Å². The van der Waals surface area contributed by atoms with Crippen LogP contribution in [0.2, 0.25) is 0 Å². The average Bonchev–Trinajstić information content (AvgIpc) is 2.42. The second-order valence-electron chi connectivity index (χ2n) is 2.99. The summed E-state index contributed by atoms with van der Waals surface area (Å²) in [5, 5.41) is 12.9.